The molecule has 0 radical (unpaired) electrons. The van der Waals surface area contributed by atoms with Crippen LogP contribution in [0.2, 0.25) is 0 Å². The first-order valence-corrected chi connectivity index (χ1v) is 3.96. The van der Waals surface area contributed by atoms with Gasteiger partial charge in [-0.15, -0.1) is 0 Å². The molecule has 1 aliphatic heterocycles. The molecule has 2 aliphatic rings. The van der Waals surface area contributed by atoms with E-state index >= 15 is 0 Å². The van der Waals surface area contributed by atoms with Crippen molar-refractivity contribution in [3.63, 3.8) is 0 Å². The molecule has 0 amide bonds. The van der Waals surface area contributed by atoms with Crippen molar-refractivity contribution >= 4 is 5.97 Å². The van der Waals surface area contributed by atoms with Crippen LogP contribution in [-0.4, -0.2) is 5.97 Å². The Balaban J connectivity index is 2.22. The number of ether oxygens (including phenoxy) is 1. The monoisotopic (exact) mass is 150 g/mol. The number of hydrogen-bond acceptors (Lipinski definition) is 2. The standard InChI is InChI=1S/C9H10O2/c10-9-6-5-7-3-1-2-4-8(7)11-9/h3-4H,1-2,5-6H2. The third-order valence-electron chi connectivity index (χ3n) is 2.03. The van der Waals surface area contributed by atoms with Gasteiger partial charge in [0, 0.05) is 0 Å². The zero-order valence-electron chi connectivity index (χ0n) is 6.30. The van der Waals surface area contributed by atoms with E-state index in [1.807, 2.05) is 6.08 Å². The molecule has 1 aliphatic carbocycles. The fourth-order valence-electron chi connectivity index (χ4n) is 1.45. The summed E-state index contributed by atoms with van der Waals surface area (Å²) in [6.45, 7) is 0. The van der Waals surface area contributed by atoms with Gasteiger partial charge in [-0.2, -0.15) is 0 Å². The fourth-order valence-corrected chi connectivity index (χ4v) is 1.45. The van der Waals surface area contributed by atoms with Crippen molar-refractivity contribution in [1.82, 2.24) is 0 Å². The van der Waals surface area contributed by atoms with Gasteiger partial charge in [-0.3, -0.25) is 4.79 Å². The number of allylic oxidation sites excluding steroid dienone is 3. The lowest BCUT2D eigenvalue weighted by Gasteiger charge is -2.20. The van der Waals surface area contributed by atoms with Crippen LogP contribution in [0, 0.1) is 0 Å². The largest absolute Gasteiger partial charge is 0.427 e. The Labute approximate surface area is 65.5 Å². The van der Waals surface area contributed by atoms with Crippen molar-refractivity contribution in [2.75, 3.05) is 0 Å². The maximum absolute atomic E-state index is 10.8. The van der Waals surface area contributed by atoms with Crippen LogP contribution >= 0.6 is 0 Å². The molecule has 1 heterocycles. The Morgan fingerprint density at radius 3 is 2.91 bits per heavy atom. The van der Waals surface area contributed by atoms with Crippen LogP contribution in [0.15, 0.2) is 23.5 Å². The minimum atomic E-state index is -0.0877. The van der Waals surface area contributed by atoms with Crippen LogP contribution in [0.4, 0.5) is 0 Å². The maximum atomic E-state index is 10.8. The van der Waals surface area contributed by atoms with Crippen LogP contribution in [0.3, 0.4) is 0 Å². The van der Waals surface area contributed by atoms with Crippen molar-refractivity contribution < 1.29 is 9.53 Å². The van der Waals surface area contributed by atoms with Crippen molar-refractivity contribution in [3.8, 4) is 0 Å². The quantitative estimate of drug-likeness (QED) is 0.493. The molecular formula is C9H10O2. The molecule has 0 aromatic carbocycles. The van der Waals surface area contributed by atoms with Gasteiger partial charge in [0.25, 0.3) is 0 Å². The summed E-state index contributed by atoms with van der Waals surface area (Å²) >= 11 is 0. The van der Waals surface area contributed by atoms with Gasteiger partial charge in [-0.25, -0.2) is 0 Å². The molecule has 0 saturated carbocycles. The molecular weight excluding hydrogens is 140 g/mol. The number of carbonyl (C=O) groups is 1. The van der Waals surface area contributed by atoms with Gasteiger partial charge in [0.05, 0.1) is 6.42 Å². The summed E-state index contributed by atoms with van der Waals surface area (Å²) in [4.78, 5) is 10.8. The second kappa shape index (κ2) is 2.53. The summed E-state index contributed by atoms with van der Waals surface area (Å²) in [5.74, 6) is 0.725. The smallest absolute Gasteiger partial charge is 0.311 e. The van der Waals surface area contributed by atoms with Crippen LogP contribution in [0.5, 0.6) is 0 Å². The van der Waals surface area contributed by atoms with Gasteiger partial charge < -0.3 is 4.74 Å². The highest BCUT2D eigenvalue weighted by Gasteiger charge is 2.20. The first-order chi connectivity index (χ1) is 5.36. The van der Waals surface area contributed by atoms with E-state index in [-0.39, 0.29) is 5.97 Å². The average Bonchev–Trinajstić information content (AvgIpc) is 2.04. The van der Waals surface area contributed by atoms with Crippen LogP contribution in [0.25, 0.3) is 0 Å². The number of hydrogen-bond donors (Lipinski definition) is 0. The second-order valence-electron chi connectivity index (χ2n) is 2.85. The number of fused-ring (bicyclic) bond motifs is 1. The lowest BCUT2D eigenvalue weighted by atomic mass is 9.99. The Hall–Kier alpha value is -1.05. The van der Waals surface area contributed by atoms with E-state index in [1.54, 1.807) is 0 Å². The highest BCUT2D eigenvalue weighted by atomic mass is 16.5. The van der Waals surface area contributed by atoms with Gasteiger partial charge >= 0.3 is 5.97 Å². The summed E-state index contributed by atoms with van der Waals surface area (Å²) in [6.07, 6.45) is 7.69. The van der Waals surface area contributed by atoms with E-state index in [4.69, 9.17) is 4.74 Å². The highest BCUT2D eigenvalue weighted by molar-refractivity contribution is 5.73. The normalized spacial score (nSPS) is 23.1. The summed E-state index contributed by atoms with van der Waals surface area (Å²) in [7, 11) is 0. The van der Waals surface area contributed by atoms with Gasteiger partial charge in [-0.1, -0.05) is 6.08 Å². The van der Waals surface area contributed by atoms with E-state index in [0.717, 1.165) is 25.0 Å². The first-order valence-electron chi connectivity index (χ1n) is 3.96. The van der Waals surface area contributed by atoms with Gasteiger partial charge in [-0.05, 0) is 30.9 Å². The topological polar surface area (TPSA) is 26.3 Å². The number of carbonyl (C=O) groups excluding carboxylic acids is 1. The van der Waals surface area contributed by atoms with Crippen LogP contribution in [0.1, 0.15) is 25.7 Å². The van der Waals surface area contributed by atoms with Crippen molar-refractivity contribution in [1.29, 1.82) is 0 Å². The number of rotatable bonds is 0. The zero-order chi connectivity index (χ0) is 7.68. The molecule has 0 bridgehead atoms. The van der Waals surface area contributed by atoms with Gasteiger partial charge in [0.1, 0.15) is 5.76 Å². The Morgan fingerprint density at radius 1 is 1.18 bits per heavy atom. The van der Waals surface area contributed by atoms with Crippen LogP contribution < -0.4 is 0 Å². The predicted molar refractivity (Wildman–Crippen MR) is 40.7 cm³/mol. The molecule has 1 fully saturated rings. The molecule has 0 atom stereocenters. The average molecular weight is 150 g/mol. The Bertz CT molecular complexity index is 248. The molecule has 2 heteroatoms. The fraction of sp³-hybridized carbons (Fsp3) is 0.444. The SMILES string of the molecule is O=C1CCC2=CCCC=C2O1. The molecule has 0 aromatic rings. The molecule has 2 rings (SSSR count). The molecule has 0 unspecified atom stereocenters. The zero-order valence-corrected chi connectivity index (χ0v) is 6.30. The maximum Gasteiger partial charge on any atom is 0.311 e. The Kier molecular flexibility index (Phi) is 1.53. The van der Waals surface area contributed by atoms with E-state index < -0.39 is 0 Å². The molecule has 58 valence electrons. The van der Waals surface area contributed by atoms with Crippen LogP contribution in [-0.2, 0) is 9.53 Å². The van der Waals surface area contributed by atoms with Crippen molar-refractivity contribution in [3.05, 3.63) is 23.5 Å². The third-order valence-corrected chi connectivity index (χ3v) is 2.03. The van der Waals surface area contributed by atoms with Gasteiger partial charge in [0.15, 0.2) is 0 Å². The van der Waals surface area contributed by atoms with Gasteiger partial charge in [0.2, 0.25) is 0 Å². The molecule has 0 N–H and O–H groups in total. The lowest BCUT2D eigenvalue weighted by Crippen LogP contribution is -2.14. The first kappa shape index (κ1) is 6.65. The van der Waals surface area contributed by atoms with Crippen molar-refractivity contribution in [2.24, 2.45) is 0 Å². The van der Waals surface area contributed by atoms with E-state index in [1.165, 1.54) is 5.57 Å². The minimum absolute atomic E-state index is 0.0877. The highest BCUT2D eigenvalue weighted by Crippen LogP contribution is 2.28. The summed E-state index contributed by atoms with van der Waals surface area (Å²) in [5, 5.41) is 0. The lowest BCUT2D eigenvalue weighted by molar-refractivity contribution is -0.140. The molecule has 11 heavy (non-hydrogen) atoms. The third kappa shape index (κ3) is 1.20. The predicted octanol–water partition coefficient (Wildman–Crippen LogP) is 1.93. The summed E-state index contributed by atoms with van der Waals surface area (Å²) < 4.78 is 5.04. The molecule has 0 aromatic heterocycles. The van der Waals surface area contributed by atoms with E-state index in [9.17, 15) is 4.79 Å². The minimum Gasteiger partial charge on any atom is -0.427 e. The molecule has 1 saturated heterocycles. The van der Waals surface area contributed by atoms with E-state index in [0.29, 0.717) is 6.42 Å². The molecule has 0 spiro atoms. The summed E-state index contributed by atoms with van der Waals surface area (Å²) in [6, 6.07) is 0. The van der Waals surface area contributed by atoms with E-state index in [2.05, 4.69) is 6.08 Å². The summed E-state index contributed by atoms with van der Waals surface area (Å²) in [5.41, 5.74) is 1.22. The Morgan fingerprint density at radius 2 is 2.00 bits per heavy atom. The second-order valence-corrected chi connectivity index (χ2v) is 2.85. The molecule has 2 nitrogen and oxygen atoms in total. The number of esters is 1. The van der Waals surface area contributed by atoms with Crippen molar-refractivity contribution in [2.45, 2.75) is 25.7 Å².